The topological polar surface area (TPSA) is 101 Å². The average Bonchev–Trinajstić information content (AvgIpc) is 2.55. The van der Waals surface area contributed by atoms with Crippen LogP contribution < -0.4 is 10.6 Å². The molecule has 7 heteroatoms. The Kier molecular flexibility index (Phi) is 5.62. The fraction of sp³-hybridized carbons (Fsp3) is 0.176. The lowest BCUT2D eigenvalue weighted by atomic mass is 10.1. The van der Waals surface area contributed by atoms with Crippen molar-refractivity contribution in [2.45, 2.75) is 19.4 Å². The van der Waals surface area contributed by atoms with Crippen LogP contribution in [-0.4, -0.2) is 22.8 Å². The SMILES string of the molecule is CC(CC(=O)Nc1cccc([N+](=O)[O-])c1)NC(=O)c1ccccc1. The van der Waals surface area contributed by atoms with E-state index in [0.717, 1.165) is 0 Å². The number of rotatable bonds is 6. The van der Waals surface area contributed by atoms with Crippen molar-refractivity contribution in [2.24, 2.45) is 0 Å². The Balaban J connectivity index is 1.89. The number of carbonyl (C=O) groups is 2. The number of nitro groups is 1. The summed E-state index contributed by atoms with van der Waals surface area (Å²) in [6.07, 6.45) is 0.0568. The molecule has 2 aromatic rings. The molecule has 0 saturated heterocycles. The standard InChI is InChI=1S/C17H17N3O4/c1-12(18-17(22)13-6-3-2-4-7-13)10-16(21)19-14-8-5-9-15(11-14)20(23)24/h2-9,11-12H,10H2,1H3,(H,18,22)(H,19,21). The van der Waals surface area contributed by atoms with E-state index in [9.17, 15) is 19.7 Å². The largest absolute Gasteiger partial charge is 0.349 e. The quantitative estimate of drug-likeness (QED) is 0.629. The average molecular weight is 327 g/mol. The maximum atomic E-state index is 12.0. The molecule has 0 radical (unpaired) electrons. The highest BCUT2D eigenvalue weighted by atomic mass is 16.6. The van der Waals surface area contributed by atoms with Crippen molar-refractivity contribution in [3.8, 4) is 0 Å². The highest BCUT2D eigenvalue weighted by Gasteiger charge is 2.14. The smallest absolute Gasteiger partial charge is 0.271 e. The van der Waals surface area contributed by atoms with E-state index in [-0.39, 0.29) is 30.0 Å². The molecule has 0 aliphatic rings. The van der Waals surface area contributed by atoms with Gasteiger partial charge in [0, 0.05) is 35.8 Å². The van der Waals surface area contributed by atoms with Crippen molar-refractivity contribution < 1.29 is 14.5 Å². The Labute approximate surface area is 138 Å². The first-order valence-corrected chi connectivity index (χ1v) is 7.36. The van der Waals surface area contributed by atoms with Gasteiger partial charge in [-0.3, -0.25) is 19.7 Å². The van der Waals surface area contributed by atoms with Gasteiger partial charge in [-0.25, -0.2) is 0 Å². The Morgan fingerprint density at radius 2 is 1.83 bits per heavy atom. The van der Waals surface area contributed by atoms with Crippen molar-refractivity contribution >= 4 is 23.2 Å². The maximum absolute atomic E-state index is 12.0. The minimum absolute atomic E-state index is 0.0568. The number of benzene rings is 2. The summed E-state index contributed by atoms with van der Waals surface area (Å²) in [6.45, 7) is 1.72. The highest BCUT2D eigenvalue weighted by molar-refractivity contribution is 5.95. The zero-order valence-corrected chi connectivity index (χ0v) is 13.1. The molecule has 124 valence electrons. The lowest BCUT2D eigenvalue weighted by molar-refractivity contribution is -0.384. The van der Waals surface area contributed by atoms with Gasteiger partial charge >= 0.3 is 0 Å². The van der Waals surface area contributed by atoms with E-state index in [1.54, 1.807) is 37.3 Å². The predicted octanol–water partition coefficient (Wildman–Crippen LogP) is 2.74. The van der Waals surface area contributed by atoms with Gasteiger partial charge in [-0.15, -0.1) is 0 Å². The molecule has 7 nitrogen and oxygen atoms in total. The number of hydrogen-bond donors (Lipinski definition) is 2. The monoisotopic (exact) mass is 327 g/mol. The zero-order chi connectivity index (χ0) is 17.5. The first-order valence-electron chi connectivity index (χ1n) is 7.36. The first-order chi connectivity index (χ1) is 11.5. The molecule has 0 fully saturated rings. The first kappa shape index (κ1) is 17.1. The van der Waals surface area contributed by atoms with Gasteiger partial charge in [0.15, 0.2) is 0 Å². The number of hydrogen-bond acceptors (Lipinski definition) is 4. The van der Waals surface area contributed by atoms with Crippen molar-refractivity contribution in [1.29, 1.82) is 0 Å². The molecule has 0 saturated carbocycles. The van der Waals surface area contributed by atoms with Crippen LogP contribution in [0.3, 0.4) is 0 Å². The molecule has 0 aliphatic heterocycles. The molecule has 2 aromatic carbocycles. The zero-order valence-electron chi connectivity index (χ0n) is 13.1. The Hall–Kier alpha value is -3.22. The van der Waals surface area contributed by atoms with Gasteiger partial charge < -0.3 is 10.6 Å². The van der Waals surface area contributed by atoms with E-state index >= 15 is 0 Å². The third kappa shape index (κ3) is 4.91. The number of amides is 2. The Bertz CT molecular complexity index is 747. The van der Waals surface area contributed by atoms with Gasteiger partial charge in [-0.1, -0.05) is 24.3 Å². The van der Waals surface area contributed by atoms with E-state index in [4.69, 9.17) is 0 Å². The minimum atomic E-state index is -0.529. The predicted molar refractivity (Wildman–Crippen MR) is 89.7 cm³/mol. The highest BCUT2D eigenvalue weighted by Crippen LogP contribution is 2.17. The molecular formula is C17H17N3O4. The normalized spacial score (nSPS) is 11.4. The summed E-state index contributed by atoms with van der Waals surface area (Å²) >= 11 is 0. The molecule has 0 aliphatic carbocycles. The Morgan fingerprint density at radius 1 is 1.12 bits per heavy atom. The number of nitrogens with zero attached hydrogens (tertiary/aromatic N) is 1. The van der Waals surface area contributed by atoms with E-state index in [1.807, 2.05) is 6.07 Å². The molecule has 0 spiro atoms. The minimum Gasteiger partial charge on any atom is -0.349 e. The molecule has 0 bridgehead atoms. The van der Waals surface area contributed by atoms with Crippen molar-refractivity contribution in [3.63, 3.8) is 0 Å². The lowest BCUT2D eigenvalue weighted by Gasteiger charge is -2.14. The van der Waals surface area contributed by atoms with Crippen LogP contribution in [0.2, 0.25) is 0 Å². The van der Waals surface area contributed by atoms with Gasteiger partial charge in [-0.05, 0) is 25.1 Å². The van der Waals surface area contributed by atoms with Gasteiger partial charge in [0.2, 0.25) is 5.91 Å². The number of carbonyl (C=O) groups excluding carboxylic acids is 2. The number of nitro benzene ring substituents is 1. The fourth-order valence-electron chi connectivity index (χ4n) is 2.14. The van der Waals surface area contributed by atoms with Crippen LogP contribution >= 0.6 is 0 Å². The second kappa shape index (κ2) is 7.87. The summed E-state index contributed by atoms with van der Waals surface area (Å²) in [5.41, 5.74) is 0.762. The van der Waals surface area contributed by atoms with E-state index in [2.05, 4.69) is 10.6 Å². The van der Waals surface area contributed by atoms with Crippen molar-refractivity contribution in [3.05, 3.63) is 70.3 Å². The summed E-state index contributed by atoms with van der Waals surface area (Å²) in [4.78, 5) is 34.2. The number of anilines is 1. The van der Waals surface area contributed by atoms with Gasteiger partial charge in [0.05, 0.1) is 4.92 Å². The second-order valence-corrected chi connectivity index (χ2v) is 5.30. The van der Waals surface area contributed by atoms with E-state index in [1.165, 1.54) is 18.2 Å². The summed E-state index contributed by atoms with van der Waals surface area (Å²) < 4.78 is 0. The fourth-order valence-corrected chi connectivity index (χ4v) is 2.14. The molecule has 0 aromatic heterocycles. The summed E-state index contributed by atoms with van der Waals surface area (Å²) in [5, 5.41) is 16.0. The van der Waals surface area contributed by atoms with Gasteiger partial charge in [0.1, 0.15) is 0 Å². The third-order valence-corrected chi connectivity index (χ3v) is 3.25. The molecule has 2 rings (SSSR count). The number of non-ortho nitro benzene ring substituents is 1. The molecule has 1 unspecified atom stereocenters. The van der Waals surface area contributed by atoms with E-state index in [0.29, 0.717) is 11.3 Å². The van der Waals surface area contributed by atoms with Crippen LogP contribution in [0.15, 0.2) is 54.6 Å². The molecule has 1 atom stereocenters. The van der Waals surface area contributed by atoms with Crippen LogP contribution in [0.25, 0.3) is 0 Å². The van der Waals surface area contributed by atoms with Crippen LogP contribution in [0.1, 0.15) is 23.7 Å². The molecule has 2 amide bonds. The van der Waals surface area contributed by atoms with Crippen molar-refractivity contribution in [1.82, 2.24) is 5.32 Å². The van der Waals surface area contributed by atoms with Gasteiger partial charge in [0.25, 0.3) is 11.6 Å². The molecule has 2 N–H and O–H groups in total. The van der Waals surface area contributed by atoms with Crippen LogP contribution in [-0.2, 0) is 4.79 Å². The molecule has 0 heterocycles. The molecular weight excluding hydrogens is 310 g/mol. The summed E-state index contributed by atoms with van der Waals surface area (Å²) in [6, 6.07) is 14.0. The van der Waals surface area contributed by atoms with E-state index < -0.39 is 4.92 Å². The van der Waals surface area contributed by atoms with Crippen LogP contribution in [0, 0.1) is 10.1 Å². The summed E-state index contributed by atoms with van der Waals surface area (Å²) in [7, 11) is 0. The summed E-state index contributed by atoms with van der Waals surface area (Å²) in [5.74, 6) is -0.595. The second-order valence-electron chi connectivity index (χ2n) is 5.30. The maximum Gasteiger partial charge on any atom is 0.271 e. The van der Waals surface area contributed by atoms with Crippen LogP contribution in [0.5, 0.6) is 0 Å². The molecule has 24 heavy (non-hydrogen) atoms. The van der Waals surface area contributed by atoms with Crippen molar-refractivity contribution in [2.75, 3.05) is 5.32 Å². The lowest BCUT2D eigenvalue weighted by Crippen LogP contribution is -2.35. The van der Waals surface area contributed by atoms with Gasteiger partial charge in [-0.2, -0.15) is 0 Å². The number of nitrogens with one attached hydrogen (secondary N) is 2. The third-order valence-electron chi connectivity index (χ3n) is 3.25. The van der Waals surface area contributed by atoms with Crippen LogP contribution in [0.4, 0.5) is 11.4 Å². The Morgan fingerprint density at radius 3 is 2.50 bits per heavy atom.